The second-order valence-electron chi connectivity index (χ2n) is 7.54. The van der Waals surface area contributed by atoms with Gasteiger partial charge in [0.05, 0.1) is 30.8 Å². The Balaban J connectivity index is 1.30. The van der Waals surface area contributed by atoms with Crippen LogP contribution in [0.1, 0.15) is 23.4 Å². The third-order valence-corrected chi connectivity index (χ3v) is 5.73. The number of carbonyl (C=O) groups excluding carboxylic acids is 1. The number of carbonyl (C=O) groups is 1. The number of ether oxygens (including phenoxy) is 1. The Labute approximate surface area is 170 Å². The molecule has 4 heterocycles. The molecule has 0 bridgehead atoms. The maximum absolute atomic E-state index is 12.6. The van der Waals surface area contributed by atoms with Crippen LogP contribution in [0.5, 0.6) is 0 Å². The first-order valence-corrected chi connectivity index (χ1v) is 10.2. The highest BCUT2D eigenvalue weighted by molar-refractivity contribution is 5.77. The molecule has 4 rings (SSSR count). The largest absolute Gasteiger partial charge is 0.378 e. The summed E-state index contributed by atoms with van der Waals surface area (Å²) in [7, 11) is 0. The van der Waals surface area contributed by atoms with E-state index in [-0.39, 0.29) is 5.91 Å². The maximum Gasteiger partial charge on any atom is 0.223 e. The Morgan fingerprint density at radius 1 is 1.07 bits per heavy atom. The van der Waals surface area contributed by atoms with E-state index in [1.165, 1.54) is 0 Å². The van der Waals surface area contributed by atoms with E-state index in [4.69, 9.17) is 9.26 Å². The third-order valence-electron chi connectivity index (χ3n) is 5.73. The van der Waals surface area contributed by atoms with Crippen molar-refractivity contribution in [2.45, 2.75) is 26.7 Å². The fraction of sp³-hybridized carbons (Fsp3) is 0.600. The first-order valence-electron chi connectivity index (χ1n) is 10.2. The van der Waals surface area contributed by atoms with Crippen LogP contribution in [0.4, 0.5) is 11.5 Å². The minimum Gasteiger partial charge on any atom is -0.378 e. The molecular formula is C20H28N6O3. The number of morpholine rings is 1. The number of anilines is 2. The van der Waals surface area contributed by atoms with E-state index >= 15 is 0 Å². The molecule has 9 heteroatoms. The SMILES string of the molecule is Cc1noc(C)c1CCC(=O)N1CCN(c2cc(N3CCOCC3)cnn2)CC1. The zero-order valence-corrected chi connectivity index (χ0v) is 17.1. The van der Waals surface area contributed by atoms with Crippen molar-refractivity contribution in [3.05, 3.63) is 29.3 Å². The maximum atomic E-state index is 12.6. The number of piperazine rings is 1. The highest BCUT2D eigenvalue weighted by atomic mass is 16.5. The third kappa shape index (κ3) is 4.50. The van der Waals surface area contributed by atoms with Gasteiger partial charge in [0.1, 0.15) is 5.76 Å². The molecule has 1 amide bonds. The zero-order valence-electron chi connectivity index (χ0n) is 17.1. The summed E-state index contributed by atoms with van der Waals surface area (Å²) in [5.41, 5.74) is 3.00. The molecule has 0 aromatic carbocycles. The van der Waals surface area contributed by atoms with Gasteiger partial charge in [0, 0.05) is 57.3 Å². The van der Waals surface area contributed by atoms with Gasteiger partial charge in [0.2, 0.25) is 5.91 Å². The summed E-state index contributed by atoms with van der Waals surface area (Å²) in [5, 5.41) is 12.5. The number of hydrogen-bond donors (Lipinski definition) is 0. The molecule has 2 aromatic heterocycles. The Kier molecular flexibility index (Phi) is 5.94. The van der Waals surface area contributed by atoms with E-state index in [1.807, 2.05) is 24.9 Å². The fourth-order valence-electron chi connectivity index (χ4n) is 3.93. The Morgan fingerprint density at radius 3 is 2.52 bits per heavy atom. The van der Waals surface area contributed by atoms with Crippen molar-refractivity contribution in [2.75, 3.05) is 62.3 Å². The molecule has 2 aliphatic heterocycles. The van der Waals surface area contributed by atoms with Gasteiger partial charge >= 0.3 is 0 Å². The molecule has 0 saturated carbocycles. The number of aryl methyl sites for hydroxylation is 2. The minimum absolute atomic E-state index is 0.179. The molecule has 0 aliphatic carbocycles. The number of rotatable bonds is 5. The lowest BCUT2D eigenvalue weighted by molar-refractivity contribution is -0.131. The van der Waals surface area contributed by atoms with Gasteiger partial charge in [-0.3, -0.25) is 4.79 Å². The Bertz CT molecular complexity index is 821. The van der Waals surface area contributed by atoms with Crippen molar-refractivity contribution < 1.29 is 14.1 Å². The molecule has 0 unspecified atom stereocenters. The second kappa shape index (κ2) is 8.77. The Morgan fingerprint density at radius 2 is 1.83 bits per heavy atom. The summed E-state index contributed by atoms with van der Waals surface area (Å²) in [6, 6.07) is 2.09. The molecule has 2 saturated heterocycles. The predicted octanol–water partition coefficient (Wildman–Crippen LogP) is 1.20. The lowest BCUT2D eigenvalue weighted by atomic mass is 10.1. The van der Waals surface area contributed by atoms with Crippen LogP contribution < -0.4 is 9.80 Å². The molecule has 2 aromatic rings. The van der Waals surface area contributed by atoms with E-state index < -0.39 is 0 Å². The lowest BCUT2D eigenvalue weighted by Gasteiger charge is -2.36. The highest BCUT2D eigenvalue weighted by Crippen LogP contribution is 2.21. The predicted molar refractivity (Wildman–Crippen MR) is 108 cm³/mol. The monoisotopic (exact) mass is 400 g/mol. The van der Waals surface area contributed by atoms with E-state index in [1.54, 1.807) is 0 Å². The van der Waals surface area contributed by atoms with Gasteiger partial charge < -0.3 is 24.0 Å². The van der Waals surface area contributed by atoms with Crippen LogP contribution >= 0.6 is 0 Å². The van der Waals surface area contributed by atoms with Gasteiger partial charge in [-0.1, -0.05) is 5.16 Å². The van der Waals surface area contributed by atoms with Gasteiger partial charge in [-0.25, -0.2) is 0 Å². The smallest absolute Gasteiger partial charge is 0.223 e. The number of nitrogens with zero attached hydrogens (tertiary/aromatic N) is 6. The normalized spacial score (nSPS) is 17.7. The van der Waals surface area contributed by atoms with Crippen molar-refractivity contribution in [3.8, 4) is 0 Å². The summed E-state index contributed by atoms with van der Waals surface area (Å²) in [4.78, 5) is 19.0. The van der Waals surface area contributed by atoms with Crippen LogP contribution in [-0.2, 0) is 16.0 Å². The Hall–Kier alpha value is -2.68. The molecule has 0 atom stereocenters. The molecule has 0 spiro atoms. The molecule has 0 N–H and O–H groups in total. The van der Waals surface area contributed by atoms with E-state index in [9.17, 15) is 4.79 Å². The van der Waals surface area contributed by atoms with Crippen molar-refractivity contribution in [2.24, 2.45) is 0 Å². The van der Waals surface area contributed by atoms with Crippen LogP contribution in [0.15, 0.2) is 16.8 Å². The minimum atomic E-state index is 0.179. The van der Waals surface area contributed by atoms with Crippen molar-refractivity contribution in [1.29, 1.82) is 0 Å². The van der Waals surface area contributed by atoms with Crippen LogP contribution in [0.3, 0.4) is 0 Å². The van der Waals surface area contributed by atoms with Gasteiger partial charge in [0.25, 0.3) is 0 Å². The summed E-state index contributed by atoms with van der Waals surface area (Å²) in [6.07, 6.45) is 2.96. The van der Waals surface area contributed by atoms with Crippen LogP contribution in [0.2, 0.25) is 0 Å². The summed E-state index contributed by atoms with van der Waals surface area (Å²) in [6.45, 7) is 9.96. The van der Waals surface area contributed by atoms with Crippen molar-refractivity contribution >= 4 is 17.4 Å². The second-order valence-corrected chi connectivity index (χ2v) is 7.54. The highest BCUT2D eigenvalue weighted by Gasteiger charge is 2.23. The van der Waals surface area contributed by atoms with Gasteiger partial charge in [-0.15, -0.1) is 5.10 Å². The standard InChI is InChI=1S/C20H28N6O3/c1-15-18(16(2)29-23-15)3-4-20(27)26-7-5-25(6-8-26)19-13-17(14-21-22-19)24-9-11-28-12-10-24/h13-14H,3-12H2,1-2H3. The lowest BCUT2D eigenvalue weighted by Crippen LogP contribution is -2.49. The van der Waals surface area contributed by atoms with E-state index in [0.717, 1.165) is 67.9 Å². The van der Waals surface area contributed by atoms with Crippen LogP contribution in [0, 0.1) is 13.8 Å². The van der Waals surface area contributed by atoms with E-state index in [0.29, 0.717) is 25.9 Å². The van der Waals surface area contributed by atoms with Crippen LogP contribution in [-0.4, -0.2) is 78.6 Å². The quantitative estimate of drug-likeness (QED) is 0.740. The topological polar surface area (TPSA) is 87.8 Å². The molecule has 2 fully saturated rings. The van der Waals surface area contributed by atoms with Gasteiger partial charge in [0.15, 0.2) is 5.82 Å². The molecule has 9 nitrogen and oxygen atoms in total. The number of amides is 1. The van der Waals surface area contributed by atoms with Gasteiger partial charge in [-0.05, 0) is 20.3 Å². The number of aromatic nitrogens is 3. The molecule has 2 aliphatic rings. The zero-order chi connectivity index (χ0) is 20.2. The average Bonchev–Trinajstić information content (AvgIpc) is 3.10. The first kappa shape index (κ1) is 19.6. The van der Waals surface area contributed by atoms with Crippen LogP contribution in [0.25, 0.3) is 0 Å². The number of hydrogen-bond acceptors (Lipinski definition) is 8. The van der Waals surface area contributed by atoms with Crippen molar-refractivity contribution in [1.82, 2.24) is 20.3 Å². The molecule has 0 radical (unpaired) electrons. The summed E-state index contributed by atoms with van der Waals surface area (Å²) in [5.74, 6) is 1.86. The van der Waals surface area contributed by atoms with Crippen molar-refractivity contribution in [3.63, 3.8) is 0 Å². The first-order chi connectivity index (χ1) is 14.1. The summed E-state index contributed by atoms with van der Waals surface area (Å²) < 4.78 is 10.6. The van der Waals surface area contributed by atoms with E-state index in [2.05, 4.69) is 31.2 Å². The average molecular weight is 400 g/mol. The summed E-state index contributed by atoms with van der Waals surface area (Å²) >= 11 is 0. The molecule has 29 heavy (non-hydrogen) atoms. The molecular weight excluding hydrogens is 372 g/mol. The van der Waals surface area contributed by atoms with Gasteiger partial charge in [-0.2, -0.15) is 5.10 Å². The fourth-order valence-corrected chi connectivity index (χ4v) is 3.93. The molecule has 156 valence electrons.